The van der Waals surface area contributed by atoms with Gasteiger partial charge in [0.05, 0.1) is 17.7 Å². The summed E-state index contributed by atoms with van der Waals surface area (Å²) in [5.41, 5.74) is -0.403. The Hall–Kier alpha value is -2.88. The zero-order valence-corrected chi connectivity index (χ0v) is 17.0. The maximum Gasteiger partial charge on any atom is 0.416 e. The summed E-state index contributed by atoms with van der Waals surface area (Å²) >= 11 is 0. The van der Waals surface area contributed by atoms with Crippen molar-refractivity contribution in [3.8, 4) is 0 Å². The lowest BCUT2D eigenvalue weighted by Crippen LogP contribution is -2.32. The minimum atomic E-state index is -4.50. The molecule has 31 heavy (non-hydrogen) atoms. The number of carbonyl (C=O) groups is 2. The second-order valence-electron chi connectivity index (χ2n) is 8.19. The highest BCUT2D eigenvalue weighted by Crippen LogP contribution is 2.52. The van der Waals surface area contributed by atoms with Crippen molar-refractivity contribution in [2.45, 2.75) is 44.1 Å². The van der Waals surface area contributed by atoms with Crippen molar-refractivity contribution in [3.05, 3.63) is 52.8 Å². The van der Waals surface area contributed by atoms with E-state index in [4.69, 9.17) is 0 Å². The number of aliphatic hydroxyl groups is 1. The molecule has 0 radical (unpaired) electrons. The maximum absolute atomic E-state index is 13.1. The summed E-state index contributed by atoms with van der Waals surface area (Å²) in [6, 6.07) is 5.38. The number of benzene rings is 1. The normalized spacial score (nSPS) is 25.6. The summed E-state index contributed by atoms with van der Waals surface area (Å²) < 4.78 is 40.7. The number of aromatic nitrogens is 2. The Kier molecular flexibility index (Phi) is 5.28. The van der Waals surface area contributed by atoms with Crippen LogP contribution in [0.25, 0.3) is 0 Å². The van der Waals surface area contributed by atoms with Crippen LogP contribution in [0.5, 0.6) is 0 Å². The highest BCUT2D eigenvalue weighted by Gasteiger charge is 2.56. The fourth-order valence-corrected chi connectivity index (χ4v) is 4.47. The average molecular weight is 436 g/mol. The SMILES string of the molecule is CNC(=O)c1cc(C(=O)N[C@H]2[C@@H]3C[C@H](O)C[C@@H]32)n([C@@H](C)c2cccc(C(F)(F)F)c2)n1. The summed E-state index contributed by atoms with van der Waals surface area (Å²) in [7, 11) is 1.42. The van der Waals surface area contributed by atoms with E-state index < -0.39 is 29.6 Å². The third-order valence-corrected chi connectivity index (χ3v) is 6.21. The number of carbonyl (C=O) groups excluding carboxylic acids is 2. The molecule has 2 saturated carbocycles. The molecular weight excluding hydrogens is 413 g/mol. The molecule has 7 nitrogen and oxygen atoms in total. The molecule has 1 aromatic carbocycles. The minimum Gasteiger partial charge on any atom is -0.393 e. The molecule has 10 heteroatoms. The van der Waals surface area contributed by atoms with Crippen LogP contribution in [0.4, 0.5) is 13.2 Å². The molecule has 0 saturated heterocycles. The average Bonchev–Trinajstić information content (AvgIpc) is 3.10. The number of nitrogens with zero attached hydrogens (tertiary/aromatic N) is 2. The Balaban J connectivity index is 1.63. The highest BCUT2D eigenvalue weighted by atomic mass is 19.4. The fourth-order valence-electron chi connectivity index (χ4n) is 4.47. The third kappa shape index (κ3) is 4.04. The van der Waals surface area contributed by atoms with E-state index in [9.17, 15) is 27.9 Å². The lowest BCUT2D eigenvalue weighted by molar-refractivity contribution is -0.137. The first-order chi connectivity index (χ1) is 14.6. The van der Waals surface area contributed by atoms with E-state index in [2.05, 4.69) is 15.7 Å². The van der Waals surface area contributed by atoms with Crippen molar-refractivity contribution in [2.75, 3.05) is 7.05 Å². The van der Waals surface area contributed by atoms with Crippen molar-refractivity contribution in [1.82, 2.24) is 20.4 Å². The number of alkyl halides is 3. The summed E-state index contributed by atoms with van der Waals surface area (Å²) in [4.78, 5) is 25.0. The second kappa shape index (κ2) is 7.67. The predicted octanol–water partition coefficient (Wildman–Crippen LogP) is 2.37. The van der Waals surface area contributed by atoms with Crippen LogP contribution in [0.15, 0.2) is 30.3 Å². The van der Waals surface area contributed by atoms with Gasteiger partial charge in [-0.3, -0.25) is 14.3 Å². The minimum absolute atomic E-state index is 0.00195. The van der Waals surface area contributed by atoms with Gasteiger partial charge in [-0.2, -0.15) is 18.3 Å². The van der Waals surface area contributed by atoms with E-state index in [0.29, 0.717) is 18.4 Å². The quantitative estimate of drug-likeness (QED) is 0.671. The first-order valence-electron chi connectivity index (χ1n) is 10.1. The fraction of sp³-hybridized carbons (Fsp3) is 0.476. The molecule has 0 unspecified atom stereocenters. The highest BCUT2D eigenvalue weighted by molar-refractivity contribution is 5.98. The lowest BCUT2D eigenvalue weighted by atomic mass is 10.0. The second-order valence-corrected chi connectivity index (χ2v) is 8.19. The van der Waals surface area contributed by atoms with Gasteiger partial charge in [-0.1, -0.05) is 12.1 Å². The van der Waals surface area contributed by atoms with E-state index in [1.807, 2.05) is 0 Å². The van der Waals surface area contributed by atoms with Crippen molar-refractivity contribution >= 4 is 11.8 Å². The van der Waals surface area contributed by atoms with Gasteiger partial charge in [0, 0.05) is 19.2 Å². The summed E-state index contributed by atoms with van der Waals surface area (Å²) in [5, 5.41) is 19.2. The molecule has 0 aliphatic heterocycles. The van der Waals surface area contributed by atoms with Crippen LogP contribution in [0.3, 0.4) is 0 Å². The van der Waals surface area contributed by atoms with Crippen molar-refractivity contribution in [2.24, 2.45) is 11.8 Å². The van der Waals surface area contributed by atoms with Crippen LogP contribution in [-0.2, 0) is 6.18 Å². The van der Waals surface area contributed by atoms with E-state index >= 15 is 0 Å². The third-order valence-electron chi connectivity index (χ3n) is 6.21. The van der Waals surface area contributed by atoms with Crippen molar-refractivity contribution in [3.63, 3.8) is 0 Å². The Labute approximate surface area is 176 Å². The standard InChI is InChI=1S/C21H23F3N4O3/c1-10(11-4-3-5-12(6-11)21(22,23)24)28-17(9-16(27-28)19(30)25-2)20(31)26-18-14-7-13(29)8-15(14)18/h3-6,9-10,13-15,18,29H,7-8H2,1-2H3,(H,25,30)(H,26,31)/t10-,13-,14+,15-,18-/m0/s1. The molecule has 1 heterocycles. The van der Waals surface area contributed by atoms with Gasteiger partial charge in [0.15, 0.2) is 5.69 Å². The molecule has 2 amide bonds. The Bertz CT molecular complexity index is 1010. The maximum atomic E-state index is 13.1. The first-order valence-corrected chi connectivity index (χ1v) is 10.1. The zero-order chi connectivity index (χ0) is 22.5. The van der Waals surface area contributed by atoms with Crippen molar-refractivity contribution < 1.29 is 27.9 Å². The molecule has 5 atom stereocenters. The van der Waals surface area contributed by atoms with Gasteiger partial charge in [0.1, 0.15) is 5.69 Å². The van der Waals surface area contributed by atoms with Crippen LogP contribution in [-0.4, -0.2) is 45.9 Å². The number of amides is 2. The van der Waals surface area contributed by atoms with E-state index in [1.165, 1.54) is 29.9 Å². The van der Waals surface area contributed by atoms with Gasteiger partial charge in [-0.15, -0.1) is 0 Å². The molecule has 3 N–H and O–H groups in total. The van der Waals surface area contributed by atoms with Crippen LogP contribution in [0, 0.1) is 11.8 Å². The van der Waals surface area contributed by atoms with Gasteiger partial charge in [0.2, 0.25) is 0 Å². The van der Waals surface area contributed by atoms with Gasteiger partial charge in [-0.05, 0) is 49.3 Å². The lowest BCUT2D eigenvalue weighted by Gasteiger charge is -2.18. The number of rotatable bonds is 5. The molecule has 1 aromatic heterocycles. The van der Waals surface area contributed by atoms with Crippen LogP contribution < -0.4 is 10.6 Å². The van der Waals surface area contributed by atoms with E-state index in [0.717, 1.165) is 12.1 Å². The number of fused-ring (bicyclic) bond motifs is 1. The molecule has 4 rings (SSSR count). The van der Waals surface area contributed by atoms with Gasteiger partial charge >= 0.3 is 6.18 Å². The molecule has 0 bridgehead atoms. The number of hydrogen-bond acceptors (Lipinski definition) is 4. The number of hydrogen-bond donors (Lipinski definition) is 3. The van der Waals surface area contributed by atoms with Gasteiger partial charge in [0.25, 0.3) is 11.8 Å². The smallest absolute Gasteiger partial charge is 0.393 e. The van der Waals surface area contributed by atoms with Crippen LogP contribution >= 0.6 is 0 Å². The van der Waals surface area contributed by atoms with Crippen molar-refractivity contribution in [1.29, 1.82) is 0 Å². The van der Waals surface area contributed by atoms with Gasteiger partial charge < -0.3 is 15.7 Å². The molecule has 2 aliphatic carbocycles. The molecular formula is C21H23F3N4O3. The molecule has 166 valence electrons. The van der Waals surface area contributed by atoms with E-state index in [-0.39, 0.29) is 35.4 Å². The number of nitrogens with one attached hydrogen (secondary N) is 2. The monoisotopic (exact) mass is 436 g/mol. The van der Waals surface area contributed by atoms with Crippen LogP contribution in [0.2, 0.25) is 0 Å². The van der Waals surface area contributed by atoms with Gasteiger partial charge in [-0.25, -0.2) is 0 Å². The number of halogens is 3. The zero-order valence-electron chi connectivity index (χ0n) is 17.0. The summed E-state index contributed by atoms with van der Waals surface area (Å²) in [5.74, 6) is -0.491. The Morgan fingerprint density at radius 2 is 1.87 bits per heavy atom. The first kappa shape index (κ1) is 21.4. The predicted molar refractivity (Wildman–Crippen MR) is 104 cm³/mol. The summed E-state index contributed by atoms with van der Waals surface area (Å²) in [6.45, 7) is 1.62. The summed E-state index contributed by atoms with van der Waals surface area (Å²) in [6.07, 6.45) is -3.56. The van der Waals surface area contributed by atoms with Crippen LogP contribution in [0.1, 0.15) is 57.9 Å². The Morgan fingerprint density at radius 3 is 2.48 bits per heavy atom. The molecule has 2 aliphatic rings. The topological polar surface area (TPSA) is 96.3 Å². The van der Waals surface area contributed by atoms with E-state index in [1.54, 1.807) is 6.92 Å². The molecule has 2 aromatic rings. The number of aliphatic hydroxyl groups excluding tert-OH is 1. The molecule has 2 fully saturated rings. The Morgan fingerprint density at radius 1 is 1.19 bits per heavy atom. The molecule has 0 spiro atoms. The largest absolute Gasteiger partial charge is 0.416 e.